The number of hydrogen-bond donors (Lipinski definition) is 3. The zero-order chi connectivity index (χ0) is 18.1. The third-order valence-electron chi connectivity index (χ3n) is 5.31. The van der Waals surface area contributed by atoms with Crippen LogP contribution < -0.4 is 10.6 Å². The molecular formula is C21H22N2O3. The monoisotopic (exact) mass is 350 g/mol. The summed E-state index contributed by atoms with van der Waals surface area (Å²) in [5, 5.41) is 16.2. The van der Waals surface area contributed by atoms with Crippen LogP contribution in [0.25, 0.3) is 11.1 Å². The van der Waals surface area contributed by atoms with E-state index in [9.17, 15) is 14.7 Å². The van der Waals surface area contributed by atoms with Gasteiger partial charge < -0.3 is 15.7 Å². The molecule has 0 aromatic heterocycles. The van der Waals surface area contributed by atoms with Crippen LogP contribution in [0.3, 0.4) is 0 Å². The highest BCUT2D eigenvalue weighted by molar-refractivity contribution is 6.01. The normalized spacial score (nSPS) is 21.7. The van der Waals surface area contributed by atoms with Crippen molar-refractivity contribution in [2.75, 3.05) is 19.6 Å². The Hall–Kier alpha value is -2.50. The molecular weight excluding hydrogens is 328 g/mol. The molecule has 0 radical (unpaired) electrons. The second-order valence-corrected chi connectivity index (χ2v) is 7.21. The minimum Gasteiger partial charge on any atom is -0.387 e. The molecule has 0 unspecified atom stereocenters. The van der Waals surface area contributed by atoms with Crippen molar-refractivity contribution in [2.45, 2.75) is 24.9 Å². The largest absolute Gasteiger partial charge is 0.387 e. The number of nitrogens with one attached hydrogen (secondary N) is 2. The first-order valence-corrected chi connectivity index (χ1v) is 9.02. The Balaban J connectivity index is 1.45. The molecule has 1 amide bonds. The molecule has 1 aliphatic heterocycles. The smallest absolute Gasteiger partial charge is 0.251 e. The lowest BCUT2D eigenvalue weighted by Crippen LogP contribution is -2.44. The van der Waals surface area contributed by atoms with E-state index in [1.807, 2.05) is 24.3 Å². The Bertz CT molecular complexity index is 852. The van der Waals surface area contributed by atoms with E-state index >= 15 is 0 Å². The van der Waals surface area contributed by atoms with E-state index in [-0.39, 0.29) is 18.2 Å². The average Bonchev–Trinajstić information content (AvgIpc) is 3.26. The van der Waals surface area contributed by atoms with Crippen molar-refractivity contribution in [3.63, 3.8) is 0 Å². The maximum Gasteiger partial charge on any atom is 0.251 e. The molecule has 26 heavy (non-hydrogen) atoms. The summed E-state index contributed by atoms with van der Waals surface area (Å²) in [6.07, 6.45) is 2.05. The number of amides is 1. The molecule has 5 nitrogen and oxygen atoms in total. The average molecular weight is 350 g/mol. The Labute approximate surface area is 152 Å². The van der Waals surface area contributed by atoms with Gasteiger partial charge in [-0.05, 0) is 48.2 Å². The van der Waals surface area contributed by atoms with Gasteiger partial charge in [0.15, 0.2) is 5.78 Å². The van der Waals surface area contributed by atoms with Crippen molar-refractivity contribution in [1.82, 2.24) is 10.6 Å². The van der Waals surface area contributed by atoms with Gasteiger partial charge in [-0.3, -0.25) is 9.59 Å². The van der Waals surface area contributed by atoms with Crippen LogP contribution in [0, 0.1) is 0 Å². The first-order valence-electron chi connectivity index (χ1n) is 9.02. The van der Waals surface area contributed by atoms with Gasteiger partial charge in [-0.25, -0.2) is 0 Å². The quantitative estimate of drug-likeness (QED) is 0.787. The minimum absolute atomic E-state index is 0.184. The van der Waals surface area contributed by atoms with Crippen LogP contribution in [0.2, 0.25) is 0 Å². The van der Waals surface area contributed by atoms with Crippen molar-refractivity contribution >= 4 is 11.7 Å². The van der Waals surface area contributed by atoms with Gasteiger partial charge in [-0.2, -0.15) is 0 Å². The van der Waals surface area contributed by atoms with Gasteiger partial charge >= 0.3 is 0 Å². The number of benzene rings is 2. The number of Topliss-reactive ketones (excluding diaryl/α,β-unsaturated/α-hetero) is 1. The van der Waals surface area contributed by atoms with Gasteiger partial charge in [0.1, 0.15) is 0 Å². The van der Waals surface area contributed by atoms with E-state index in [1.165, 1.54) is 0 Å². The summed E-state index contributed by atoms with van der Waals surface area (Å²) in [7, 11) is 0. The number of fused-ring (bicyclic) bond motifs is 1. The Morgan fingerprint density at radius 2 is 1.88 bits per heavy atom. The summed E-state index contributed by atoms with van der Waals surface area (Å²) in [5.74, 6) is 0.0362. The van der Waals surface area contributed by atoms with Crippen LogP contribution in [0.5, 0.6) is 0 Å². The molecule has 1 atom stereocenters. The van der Waals surface area contributed by atoms with E-state index < -0.39 is 5.60 Å². The van der Waals surface area contributed by atoms with Gasteiger partial charge in [0.05, 0.1) is 5.60 Å². The summed E-state index contributed by atoms with van der Waals surface area (Å²) in [5.41, 5.74) is 3.73. The molecule has 0 spiro atoms. The molecule has 0 saturated carbocycles. The maximum atomic E-state index is 12.3. The van der Waals surface area contributed by atoms with Crippen LogP contribution in [0.15, 0.2) is 42.5 Å². The number of carbonyl (C=O) groups is 2. The number of hydrogen-bond acceptors (Lipinski definition) is 4. The van der Waals surface area contributed by atoms with Gasteiger partial charge in [-0.15, -0.1) is 0 Å². The van der Waals surface area contributed by atoms with Crippen molar-refractivity contribution in [3.05, 3.63) is 59.2 Å². The van der Waals surface area contributed by atoms with Crippen molar-refractivity contribution in [3.8, 4) is 11.1 Å². The van der Waals surface area contributed by atoms with Crippen molar-refractivity contribution < 1.29 is 14.7 Å². The van der Waals surface area contributed by atoms with Gasteiger partial charge in [-0.1, -0.05) is 30.3 Å². The molecule has 4 rings (SSSR count). The number of β-amino-alcohol motifs (C(OH)–C–C–N with tert-alkyl or cyclic N) is 1. The fraction of sp³-hybridized carbons (Fsp3) is 0.333. The van der Waals surface area contributed by atoms with E-state index in [2.05, 4.69) is 16.7 Å². The lowest BCUT2D eigenvalue weighted by Gasteiger charge is -2.21. The highest BCUT2D eigenvalue weighted by Gasteiger charge is 2.31. The molecule has 2 aliphatic rings. The molecule has 2 aromatic carbocycles. The third-order valence-corrected chi connectivity index (χ3v) is 5.31. The molecule has 3 N–H and O–H groups in total. The molecule has 1 fully saturated rings. The summed E-state index contributed by atoms with van der Waals surface area (Å²) in [6.45, 7) is 1.53. The fourth-order valence-electron chi connectivity index (χ4n) is 3.68. The molecule has 134 valence electrons. The Kier molecular flexibility index (Phi) is 4.34. The predicted octanol–water partition coefficient (Wildman–Crippen LogP) is 1.94. The summed E-state index contributed by atoms with van der Waals surface area (Å²) < 4.78 is 0. The lowest BCUT2D eigenvalue weighted by atomic mass is 9.99. The van der Waals surface area contributed by atoms with Crippen LogP contribution in [-0.4, -0.2) is 42.0 Å². The van der Waals surface area contributed by atoms with E-state index in [0.717, 1.165) is 35.2 Å². The second kappa shape index (κ2) is 6.67. The molecule has 2 aromatic rings. The zero-order valence-electron chi connectivity index (χ0n) is 14.5. The summed E-state index contributed by atoms with van der Waals surface area (Å²) in [6, 6.07) is 13.3. The highest BCUT2D eigenvalue weighted by atomic mass is 16.3. The molecule has 1 heterocycles. The number of rotatable bonds is 4. The van der Waals surface area contributed by atoms with Crippen LogP contribution in [-0.2, 0) is 6.42 Å². The summed E-state index contributed by atoms with van der Waals surface area (Å²) >= 11 is 0. The molecule has 5 heteroatoms. The van der Waals surface area contributed by atoms with Crippen LogP contribution in [0.4, 0.5) is 0 Å². The molecule has 0 bridgehead atoms. The van der Waals surface area contributed by atoms with E-state index in [0.29, 0.717) is 24.9 Å². The number of ketones is 1. The molecule has 1 saturated heterocycles. The fourth-order valence-corrected chi connectivity index (χ4v) is 3.68. The van der Waals surface area contributed by atoms with Gasteiger partial charge in [0.2, 0.25) is 0 Å². The highest BCUT2D eigenvalue weighted by Crippen LogP contribution is 2.28. The Morgan fingerprint density at radius 3 is 2.62 bits per heavy atom. The minimum atomic E-state index is -0.850. The predicted molar refractivity (Wildman–Crippen MR) is 99.3 cm³/mol. The second-order valence-electron chi connectivity index (χ2n) is 7.21. The Morgan fingerprint density at radius 1 is 1.12 bits per heavy atom. The first kappa shape index (κ1) is 16.9. The SMILES string of the molecule is O=C(NC[C@@]1(O)CCNC1)c1ccc(-c2ccc3c(c2)CCC3=O)cc1. The standard InChI is InChI=1S/C21H22N2O3/c24-19-8-6-17-11-16(5-7-18(17)19)14-1-3-15(4-2-14)20(25)23-13-21(26)9-10-22-12-21/h1-5,7,11,22,26H,6,8-10,12-13H2,(H,23,25)/t21-/m1/s1. The number of aryl methyl sites for hydroxylation is 1. The van der Waals surface area contributed by atoms with Crippen molar-refractivity contribution in [1.29, 1.82) is 0 Å². The molecule has 1 aliphatic carbocycles. The summed E-state index contributed by atoms with van der Waals surface area (Å²) in [4.78, 5) is 24.0. The number of aliphatic hydroxyl groups is 1. The topological polar surface area (TPSA) is 78.4 Å². The zero-order valence-corrected chi connectivity index (χ0v) is 14.5. The van der Waals surface area contributed by atoms with Crippen LogP contribution in [0.1, 0.15) is 39.1 Å². The van der Waals surface area contributed by atoms with Gasteiger partial charge in [0.25, 0.3) is 5.91 Å². The first-order chi connectivity index (χ1) is 12.5. The maximum absolute atomic E-state index is 12.3. The van der Waals surface area contributed by atoms with E-state index in [4.69, 9.17) is 0 Å². The lowest BCUT2D eigenvalue weighted by molar-refractivity contribution is 0.0562. The number of carbonyl (C=O) groups excluding carboxylic acids is 2. The van der Waals surface area contributed by atoms with Crippen LogP contribution >= 0.6 is 0 Å². The van der Waals surface area contributed by atoms with Gasteiger partial charge in [0, 0.05) is 30.6 Å². The third kappa shape index (κ3) is 3.28. The van der Waals surface area contributed by atoms with E-state index in [1.54, 1.807) is 12.1 Å². The van der Waals surface area contributed by atoms with Crippen molar-refractivity contribution in [2.24, 2.45) is 0 Å².